The van der Waals surface area contributed by atoms with Gasteiger partial charge in [0.15, 0.2) is 0 Å². The third-order valence-electron chi connectivity index (χ3n) is 4.53. The van der Waals surface area contributed by atoms with Crippen LogP contribution in [0.1, 0.15) is 58.3 Å². The summed E-state index contributed by atoms with van der Waals surface area (Å²) in [5.74, 6) is 2.01. The van der Waals surface area contributed by atoms with E-state index < -0.39 is 0 Å². The molecule has 18 heavy (non-hydrogen) atoms. The second-order valence-electron chi connectivity index (χ2n) is 5.98. The molecule has 0 saturated heterocycles. The minimum atomic E-state index is -0.124. The molecule has 0 aromatic heterocycles. The maximum absolute atomic E-state index is 10.1. The predicted octanol–water partition coefficient (Wildman–Crippen LogP) is 3.19. The Hall–Kier alpha value is 0.270. The highest BCUT2D eigenvalue weighted by Crippen LogP contribution is 2.31. The first-order valence-corrected chi connectivity index (χ1v) is 8.87. The molecule has 3 unspecified atom stereocenters. The Kier molecular flexibility index (Phi) is 6.33. The van der Waals surface area contributed by atoms with Crippen LogP contribution in [0.5, 0.6) is 0 Å². The van der Waals surface area contributed by atoms with Crippen molar-refractivity contribution >= 4 is 11.8 Å². The van der Waals surface area contributed by atoms with Crippen molar-refractivity contribution in [1.29, 1.82) is 0 Å². The van der Waals surface area contributed by atoms with Crippen molar-refractivity contribution in [2.75, 3.05) is 12.3 Å². The average Bonchev–Trinajstić information content (AvgIpc) is 2.99. The smallest absolute Gasteiger partial charge is 0.0667 e. The molecule has 0 heterocycles. The zero-order valence-corrected chi connectivity index (χ0v) is 12.6. The summed E-state index contributed by atoms with van der Waals surface area (Å²) in [7, 11) is 0. The van der Waals surface area contributed by atoms with Gasteiger partial charge in [0.2, 0.25) is 0 Å². The van der Waals surface area contributed by atoms with Crippen molar-refractivity contribution in [2.24, 2.45) is 5.92 Å². The first-order chi connectivity index (χ1) is 8.79. The summed E-state index contributed by atoms with van der Waals surface area (Å²) in [6, 6.07) is 0.646. The van der Waals surface area contributed by atoms with Gasteiger partial charge in [0, 0.05) is 17.8 Å². The van der Waals surface area contributed by atoms with Gasteiger partial charge in [-0.3, -0.25) is 0 Å². The molecule has 0 bridgehead atoms. The van der Waals surface area contributed by atoms with E-state index in [1.165, 1.54) is 50.7 Å². The molecule has 0 aromatic rings. The lowest BCUT2D eigenvalue weighted by atomic mass is 10.00. The molecular weight excluding hydrogens is 242 g/mol. The normalized spacial score (nSPS) is 31.0. The molecule has 2 N–H and O–H groups in total. The lowest BCUT2D eigenvalue weighted by Crippen LogP contribution is -2.39. The van der Waals surface area contributed by atoms with Gasteiger partial charge >= 0.3 is 0 Å². The zero-order chi connectivity index (χ0) is 12.8. The van der Waals surface area contributed by atoms with Crippen LogP contribution in [0.15, 0.2) is 0 Å². The number of thioether (sulfide) groups is 1. The Labute approximate surface area is 116 Å². The van der Waals surface area contributed by atoms with E-state index in [0.29, 0.717) is 6.04 Å². The van der Waals surface area contributed by atoms with Gasteiger partial charge in [0.25, 0.3) is 0 Å². The molecule has 0 radical (unpaired) electrons. The quantitative estimate of drug-likeness (QED) is 0.746. The van der Waals surface area contributed by atoms with Crippen LogP contribution in [0.3, 0.4) is 0 Å². The van der Waals surface area contributed by atoms with Gasteiger partial charge in [-0.15, -0.1) is 0 Å². The fraction of sp³-hybridized carbons (Fsp3) is 1.00. The number of nitrogens with one attached hydrogen (secondary N) is 1. The van der Waals surface area contributed by atoms with Crippen LogP contribution in [0.25, 0.3) is 0 Å². The van der Waals surface area contributed by atoms with E-state index in [4.69, 9.17) is 0 Å². The number of hydrogen-bond donors (Lipinski definition) is 2. The molecule has 3 heteroatoms. The molecular formula is C15H29NOS. The summed E-state index contributed by atoms with van der Waals surface area (Å²) in [6.07, 6.45) is 10.3. The summed E-state index contributed by atoms with van der Waals surface area (Å²) in [6.45, 7) is 3.05. The van der Waals surface area contributed by atoms with Crippen molar-refractivity contribution in [3.8, 4) is 0 Å². The molecule has 0 aliphatic heterocycles. The highest BCUT2D eigenvalue weighted by molar-refractivity contribution is 7.99. The van der Waals surface area contributed by atoms with Crippen molar-refractivity contribution in [1.82, 2.24) is 5.32 Å². The molecule has 2 saturated carbocycles. The van der Waals surface area contributed by atoms with Gasteiger partial charge in [0.1, 0.15) is 0 Å². The molecule has 2 nitrogen and oxygen atoms in total. The third kappa shape index (κ3) is 4.43. The van der Waals surface area contributed by atoms with E-state index in [0.717, 1.165) is 24.1 Å². The highest BCUT2D eigenvalue weighted by atomic mass is 32.2. The fourth-order valence-electron chi connectivity index (χ4n) is 3.57. The summed E-state index contributed by atoms with van der Waals surface area (Å²) in [4.78, 5) is 0. The van der Waals surface area contributed by atoms with Gasteiger partial charge in [-0.1, -0.05) is 39.0 Å². The third-order valence-corrected chi connectivity index (χ3v) is 5.85. The van der Waals surface area contributed by atoms with E-state index in [1.807, 2.05) is 0 Å². The summed E-state index contributed by atoms with van der Waals surface area (Å²) in [5.41, 5.74) is 0. The second-order valence-corrected chi connectivity index (χ2v) is 7.50. The van der Waals surface area contributed by atoms with E-state index in [-0.39, 0.29) is 6.10 Å². The van der Waals surface area contributed by atoms with Gasteiger partial charge in [-0.05, 0) is 30.9 Å². The van der Waals surface area contributed by atoms with Crippen molar-refractivity contribution in [3.63, 3.8) is 0 Å². The predicted molar refractivity (Wildman–Crippen MR) is 80.1 cm³/mol. The molecule has 2 fully saturated rings. The number of rotatable bonds is 7. The van der Waals surface area contributed by atoms with E-state index in [1.54, 1.807) is 0 Å². The van der Waals surface area contributed by atoms with Crippen LogP contribution >= 0.6 is 11.8 Å². The molecule has 2 rings (SSSR count). The fourth-order valence-corrected chi connectivity index (χ4v) is 4.80. The van der Waals surface area contributed by atoms with Crippen LogP contribution < -0.4 is 5.32 Å². The summed E-state index contributed by atoms with van der Waals surface area (Å²) in [5, 5.41) is 14.5. The standard InChI is InChI=1S/C15H29NOS/c1-2-18-15-9-5-8-14(15)16-11-13(17)10-12-6-3-4-7-12/h12-17H,2-11H2,1H3. The Morgan fingerprint density at radius 1 is 1.17 bits per heavy atom. The Balaban J connectivity index is 1.63. The molecule has 106 valence electrons. The van der Waals surface area contributed by atoms with Crippen molar-refractivity contribution in [3.05, 3.63) is 0 Å². The second kappa shape index (κ2) is 7.76. The van der Waals surface area contributed by atoms with Gasteiger partial charge in [-0.2, -0.15) is 11.8 Å². The maximum Gasteiger partial charge on any atom is 0.0667 e. The average molecular weight is 271 g/mol. The number of aliphatic hydroxyl groups is 1. The van der Waals surface area contributed by atoms with Crippen molar-refractivity contribution < 1.29 is 5.11 Å². The van der Waals surface area contributed by atoms with Gasteiger partial charge < -0.3 is 10.4 Å². The molecule has 3 atom stereocenters. The maximum atomic E-state index is 10.1. The lowest BCUT2D eigenvalue weighted by Gasteiger charge is -2.23. The van der Waals surface area contributed by atoms with Crippen LogP contribution in [-0.4, -0.2) is 34.8 Å². The summed E-state index contributed by atoms with van der Waals surface area (Å²) >= 11 is 2.09. The molecule has 0 spiro atoms. The van der Waals surface area contributed by atoms with E-state index in [2.05, 4.69) is 24.0 Å². The summed E-state index contributed by atoms with van der Waals surface area (Å²) < 4.78 is 0. The molecule has 2 aliphatic carbocycles. The SMILES string of the molecule is CCSC1CCCC1NCC(O)CC1CCCC1. The van der Waals surface area contributed by atoms with E-state index >= 15 is 0 Å². The molecule has 0 aromatic carbocycles. The number of aliphatic hydroxyl groups excluding tert-OH is 1. The largest absolute Gasteiger partial charge is 0.392 e. The molecule has 2 aliphatic rings. The Morgan fingerprint density at radius 2 is 1.94 bits per heavy atom. The zero-order valence-electron chi connectivity index (χ0n) is 11.7. The number of hydrogen-bond acceptors (Lipinski definition) is 3. The topological polar surface area (TPSA) is 32.3 Å². The van der Waals surface area contributed by atoms with Crippen LogP contribution in [0, 0.1) is 5.92 Å². The Morgan fingerprint density at radius 3 is 2.67 bits per heavy atom. The van der Waals surface area contributed by atoms with Gasteiger partial charge in [0.05, 0.1) is 6.10 Å². The first-order valence-electron chi connectivity index (χ1n) is 7.82. The minimum absolute atomic E-state index is 0.124. The van der Waals surface area contributed by atoms with Crippen LogP contribution in [0.4, 0.5) is 0 Å². The van der Waals surface area contributed by atoms with Crippen LogP contribution in [-0.2, 0) is 0 Å². The molecule has 0 amide bonds. The lowest BCUT2D eigenvalue weighted by molar-refractivity contribution is 0.137. The van der Waals surface area contributed by atoms with Crippen molar-refractivity contribution in [2.45, 2.75) is 75.7 Å². The van der Waals surface area contributed by atoms with Gasteiger partial charge in [-0.25, -0.2) is 0 Å². The van der Waals surface area contributed by atoms with E-state index in [9.17, 15) is 5.11 Å². The Bertz CT molecular complexity index is 231. The minimum Gasteiger partial charge on any atom is -0.392 e. The first kappa shape index (κ1) is 14.7. The van der Waals surface area contributed by atoms with Crippen LogP contribution in [0.2, 0.25) is 0 Å². The highest BCUT2D eigenvalue weighted by Gasteiger charge is 2.27. The monoisotopic (exact) mass is 271 g/mol.